The molecule has 0 N–H and O–H groups in total. The predicted molar refractivity (Wildman–Crippen MR) is 61.4 cm³/mol. The van der Waals surface area contributed by atoms with E-state index in [1.54, 1.807) is 6.07 Å². The fourth-order valence-electron chi connectivity index (χ4n) is 1.75. The summed E-state index contributed by atoms with van der Waals surface area (Å²) in [5.41, 5.74) is 0.941. The van der Waals surface area contributed by atoms with Gasteiger partial charge in [-0.05, 0) is 31.4 Å². The lowest BCUT2D eigenvalue weighted by Gasteiger charge is -2.22. The first-order valence-corrected chi connectivity index (χ1v) is 6.29. The second-order valence-corrected chi connectivity index (χ2v) is 5.05. The Labute approximate surface area is 93.9 Å². The topological polar surface area (TPSA) is 16.1 Å². The zero-order valence-corrected chi connectivity index (χ0v) is 9.63. The molecule has 0 saturated carbocycles. The molecule has 15 heavy (non-hydrogen) atoms. The van der Waals surface area contributed by atoms with Gasteiger partial charge in [-0.3, -0.25) is 9.88 Å². The first kappa shape index (κ1) is 10.9. The summed E-state index contributed by atoms with van der Waals surface area (Å²) >= 11 is 2.00. The standard InChI is InChI=1S/C11H15FN2S/c1-14(11-4-5-15-8-11)7-10-3-2-9(12)6-13-10/h2-3,6,11H,4-5,7-8H2,1H3/t11-/m0/s1. The van der Waals surface area contributed by atoms with Crippen molar-refractivity contribution in [1.82, 2.24) is 9.88 Å². The summed E-state index contributed by atoms with van der Waals surface area (Å²) in [7, 11) is 2.11. The summed E-state index contributed by atoms with van der Waals surface area (Å²) in [5, 5.41) is 0. The molecule has 0 unspecified atom stereocenters. The molecular formula is C11H15FN2S. The van der Waals surface area contributed by atoms with Crippen LogP contribution in [0.25, 0.3) is 0 Å². The number of hydrogen-bond acceptors (Lipinski definition) is 3. The van der Waals surface area contributed by atoms with Crippen LogP contribution in [-0.4, -0.2) is 34.5 Å². The van der Waals surface area contributed by atoms with E-state index in [1.165, 1.54) is 30.2 Å². The fraction of sp³-hybridized carbons (Fsp3) is 0.545. The summed E-state index contributed by atoms with van der Waals surface area (Å²) in [6.07, 6.45) is 2.54. The number of thioether (sulfide) groups is 1. The highest BCUT2D eigenvalue weighted by molar-refractivity contribution is 7.99. The van der Waals surface area contributed by atoms with Crippen LogP contribution in [0.1, 0.15) is 12.1 Å². The highest BCUT2D eigenvalue weighted by Gasteiger charge is 2.19. The van der Waals surface area contributed by atoms with Gasteiger partial charge in [0.1, 0.15) is 5.82 Å². The maximum Gasteiger partial charge on any atom is 0.141 e. The Kier molecular flexibility index (Phi) is 3.59. The average Bonchev–Trinajstić information content (AvgIpc) is 2.74. The van der Waals surface area contributed by atoms with Gasteiger partial charge in [-0.2, -0.15) is 11.8 Å². The van der Waals surface area contributed by atoms with Crippen molar-refractivity contribution >= 4 is 11.8 Å². The van der Waals surface area contributed by atoms with Gasteiger partial charge in [0.25, 0.3) is 0 Å². The van der Waals surface area contributed by atoms with Gasteiger partial charge in [0, 0.05) is 18.3 Å². The van der Waals surface area contributed by atoms with Crippen LogP contribution >= 0.6 is 11.8 Å². The summed E-state index contributed by atoms with van der Waals surface area (Å²) in [5.74, 6) is 2.20. The third-order valence-electron chi connectivity index (χ3n) is 2.73. The Morgan fingerprint density at radius 1 is 1.60 bits per heavy atom. The van der Waals surface area contributed by atoms with Gasteiger partial charge in [0.2, 0.25) is 0 Å². The zero-order chi connectivity index (χ0) is 10.7. The number of nitrogens with zero attached hydrogens (tertiary/aromatic N) is 2. The number of rotatable bonds is 3. The molecule has 0 spiro atoms. The van der Waals surface area contributed by atoms with E-state index in [-0.39, 0.29) is 5.82 Å². The van der Waals surface area contributed by atoms with E-state index >= 15 is 0 Å². The minimum absolute atomic E-state index is 0.266. The molecule has 1 fully saturated rings. The molecule has 82 valence electrons. The number of halogens is 1. The fourth-order valence-corrected chi connectivity index (χ4v) is 3.05. The van der Waals surface area contributed by atoms with Gasteiger partial charge in [-0.15, -0.1) is 0 Å². The molecule has 1 aliphatic rings. The quantitative estimate of drug-likeness (QED) is 0.785. The van der Waals surface area contributed by atoms with Crippen LogP contribution in [0.2, 0.25) is 0 Å². The van der Waals surface area contributed by atoms with Crippen LogP contribution in [0.3, 0.4) is 0 Å². The van der Waals surface area contributed by atoms with Crippen molar-refractivity contribution in [2.45, 2.75) is 19.0 Å². The van der Waals surface area contributed by atoms with Crippen molar-refractivity contribution < 1.29 is 4.39 Å². The SMILES string of the molecule is CN(Cc1ccc(F)cn1)[C@H]1CCSC1. The first-order valence-electron chi connectivity index (χ1n) is 5.14. The van der Waals surface area contributed by atoms with Crippen LogP contribution in [0.4, 0.5) is 4.39 Å². The van der Waals surface area contributed by atoms with Crippen molar-refractivity contribution in [3.63, 3.8) is 0 Å². The van der Waals surface area contributed by atoms with E-state index in [4.69, 9.17) is 0 Å². The van der Waals surface area contributed by atoms with Crippen molar-refractivity contribution in [2.75, 3.05) is 18.6 Å². The van der Waals surface area contributed by atoms with E-state index < -0.39 is 0 Å². The van der Waals surface area contributed by atoms with Gasteiger partial charge in [-0.25, -0.2) is 4.39 Å². The summed E-state index contributed by atoms with van der Waals surface area (Å²) < 4.78 is 12.6. The van der Waals surface area contributed by atoms with E-state index in [2.05, 4.69) is 16.9 Å². The molecule has 0 radical (unpaired) electrons. The van der Waals surface area contributed by atoms with Crippen molar-refractivity contribution in [2.24, 2.45) is 0 Å². The van der Waals surface area contributed by atoms with Crippen LogP contribution in [-0.2, 0) is 6.54 Å². The van der Waals surface area contributed by atoms with Crippen molar-refractivity contribution in [3.8, 4) is 0 Å². The molecule has 0 aliphatic carbocycles. The van der Waals surface area contributed by atoms with Crippen LogP contribution in [0, 0.1) is 5.82 Å². The predicted octanol–water partition coefficient (Wildman–Crippen LogP) is 2.16. The summed E-state index contributed by atoms with van der Waals surface area (Å²) in [6.45, 7) is 0.811. The smallest absolute Gasteiger partial charge is 0.141 e. The Morgan fingerprint density at radius 2 is 2.47 bits per heavy atom. The highest BCUT2D eigenvalue weighted by atomic mass is 32.2. The molecule has 2 heterocycles. The Hall–Kier alpha value is -0.610. The second kappa shape index (κ2) is 4.94. The first-order chi connectivity index (χ1) is 7.25. The molecular weight excluding hydrogens is 211 g/mol. The lowest BCUT2D eigenvalue weighted by atomic mass is 10.2. The van der Waals surface area contributed by atoms with Crippen molar-refractivity contribution in [1.29, 1.82) is 0 Å². The molecule has 0 aromatic carbocycles. The Bertz CT molecular complexity index is 309. The molecule has 1 atom stereocenters. The minimum Gasteiger partial charge on any atom is -0.297 e. The van der Waals surface area contributed by atoms with Crippen molar-refractivity contribution in [3.05, 3.63) is 29.8 Å². The second-order valence-electron chi connectivity index (χ2n) is 3.90. The third kappa shape index (κ3) is 2.92. The lowest BCUT2D eigenvalue weighted by Crippen LogP contribution is -2.31. The summed E-state index contributed by atoms with van der Waals surface area (Å²) in [4.78, 5) is 6.37. The molecule has 1 aromatic rings. The maximum atomic E-state index is 12.6. The average molecular weight is 226 g/mol. The zero-order valence-electron chi connectivity index (χ0n) is 8.82. The molecule has 4 heteroatoms. The Balaban J connectivity index is 1.92. The van der Waals surface area contributed by atoms with Crippen LogP contribution < -0.4 is 0 Å². The molecule has 2 nitrogen and oxygen atoms in total. The summed E-state index contributed by atoms with van der Waals surface area (Å²) in [6, 6.07) is 3.88. The Morgan fingerprint density at radius 3 is 3.07 bits per heavy atom. The van der Waals surface area contributed by atoms with E-state index in [0.29, 0.717) is 6.04 Å². The molecule has 1 aliphatic heterocycles. The monoisotopic (exact) mass is 226 g/mol. The van der Waals surface area contributed by atoms with Crippen LogP contribution in [0.15, 0.2) is 18.3 Å². The third-order valence-corrected chi connectivity index (χ3v) is 3.87. The normalized spacial score (nSPS) is 21.1. The molecule has 0 bridgehead atoms. The van der Waals surface area contributed by atoms with E-state index in [1.807, 2.05) is 11.8 Å². The number of aromatic nitrogens is 1. The molecule has 0 amide bonds. The van der Waals surface area contributed by atoms with Gasteiger partial charge in [0.05, 0.1) is 11.9 Å². The lowest BCUT2D eigenvalue weighted by molar-refractivity contribution is 0.251. The van der Waals surface area contributed by atoms with Gasteiger partial charge in [0.15, 0.2) is 0 Å². The highest BCUT2D eigenvalue weighted by Crippen LogP contribution is 2.22. The molecule has 2 rings (SSSR count). The number of pyridine rings is 1. The molecule has 1 aromatic heterocycles. The molecule has 1 saturated heterocycles. The van der Waals surface area contributed by atoms with Gasteiger partial charge < -0.3 is 0 Å². The van der Waals surface area contributed by atoms with E-state index in [9.17, 15) is 4.39 Å². The van der Waals surface area contributed by atoms with Gasteiger partial charge in [-0.1, -0.05) is 0 Å². The van der Waals surface area contributed by atoms with Crippen LogP contribution in [0.5, 0.6) is 0 Å². The number of hydrogen-bond donors (Lipinski definition) is 0. The van der Waals surface area contributed by atoms with Gasteiger partial charge >= 0.3 is 0 Å². The van der Waals surface area contributed by atoms with E-state index in [0.717, 1.165) is 12.2 Å². The minimum atomic E-state index is -0.266. The maximum absolute atomic E-state index is 12.6. The largest absolute Gasteiger partial charge is 0.297 e.